The first kappa shape index (κ1) is 14.2. The van der Waals surface area contributed by atoms with Gasteiger partial charge in [0.2, 0.25) is 11.8 Å². The van der Waals surface area contributed by atoms with Crippen LogP contribution in [0.15, 0.2) is 18.2 Å². The zero-order valence-electron chi connectivity index (χ0n) is 10.7. The second-order valence-corrected chi connectivity index (χ2v) is 4.40. The van der Waals surface area contributed by atoms with Crippen molar-refractivity contribution in [3.8, 4) is 0 Å². The average Bonchev–Trinajstić information content (AvgIpc) is 2.29. The highest BCUT2D eigenvalue weighted by Crippen LogP contribution is 2.14. The topological polar surface area (TPSA) is 58.2 Å². The van der Waals surface area contributed by atoms with E-state index in [4.69, 9.17) is 0 Å². The second kappa shape index (κ2) is 6.14. The molecule has 0 spiro atoms. The lowest BCUT2D eigenvalue weighted by Crippen LogP contribution is -2.35. The van der Waals surface area contributed by atoms with Crippen molar-refractivity contribution in [2.45, 2.75) is 20.8 Å². The van der Waals surface area contributed by atoms with Crippen LogP contribution in [0, 0.1) is 18.7 Å². The third kappa shape index (κ3) is 4.16. The van der Waals surface area contributed by atoms with Crippen molar-refractivity contribution in [2.75, 3.05) is 11.9 Å². The average molecular weight is 252 g/mol. The summed E-state index contributed by atoms with van der Waals surface area (Å²) >= 11 is 0. The Labute approximate surface area is 106 Å². The Kier molecular flexibility index (Phi) is 4.83. The lowest BCUT2D eigenvalue weighted by atomic mass is 10.2. The highest BCUT2D eigenvalue weighted by Gasteiger charge is 2.10. The van der Waals surface area contributed by atoms with Crippen LogP contribution in [0.4, 0.5) is 10.1 Å². The van der Waals surface area contributed by atoms with Crippen LogP contribution in [0.1, 0.15) is 19.4 Å². The Bertz CT molecular complexity index is 458. The fraction of sp³-hybridized carbons (Fsp3) is 0.385. The highest BCUT2D eigenvalue weighted by molar-refractivity contribution is 5.94. The van der Waals surface area contributed by atoms with Crippen molar-refractivity contribution >= 4 is 17.5 Å². The number of aryl methyl sites for hydroxylation is 1. The molecule has 2 N–H and O–H groups in total. The number of hydrogen-bond donors (Lipinski definition) is 2. The smallest absolute Gasteiger partial charge is 0.243 e. The van der Waals surface area contributed by atoms with E-state index in [1.54, 1.807) is 26.8 Å². The maximum atomic E-state index is 13.4. The number of anilines is 1. The fourth-order valence-electron chi connectivity index (χ4n) is 1.29. The van der Waals surface area contributed by atoms with E-state index >= 15 is 0 Å². The molecule has 0 aliphatic rings. The molecule has 0 aromatic heterocycles. The van der Waals surface area contributed by atoms with Crippen LogP contribution in [-0.2, 0) is 9.59 Å². The summed E-state index contributed by atoms with van der Waals surface area (Å²) in [4.78, 5) is 22.7. The first-order valence-corrected chi connectivity index (χ1v) is 5.74. The highest BCUT2D eigenvalue weighted by atomic mass is 19.1. The predicted molar refractivity (Wildman–Crippen MR) is 67.6 cm³/mol. The van der Waals surface area contributed by atoms with Crippen molar-refractivity contribution in [3.05, 3.63) is 29.6 Å². The Morgan fingerprint density at radius 2 is 2.00 bits per heavy atom. The van der Waals surface area contributed by atoms with Gasteiger partial charge in [-0.25, -0.2) is 4.39 Å². The minimum absolute atomic E-state index is 0.115. The standard InChI is InChI=1S/C13H17FN2O2/c1-8(2)13(18)15-7-12(17)16-11-5-4-9(3)6-10(11)14/h4-6,8H,7H2,1-3H3,(H,15,18)(H,16,17). The fourth-order valence-corrected chi connectivity index (χ4v) is 1.29. The summed E-state index contributed by atoms with van der Waals surface area (Å²) in [5.74, 6) is -1.34. The molecular weight excluding hydrogens is 235 g/mol. The molecular formula is C13H17FN2O2. The van der Waals surface area contributed by atoms with Gasteiger partial charge in [-0.2, -0.15) is 0 Å². The molecule has 1 aromatic carbocycles. The molecule has 0 saturated carbocycles. The summed E-state index contributed by atoms with van der Waals surface area (Å²) < 4.78 is 13.4. The molecule has 1 rings (SSSR count). The zero-order valence-corrected chi connectivity index (χ0v) is 10.7. The molecule has 18 heavy (non-hydrogen) atoms. The van der Waals surface area contributed by atoms with Gasteiger partial charge in [0.25, 0.3) is 0 Å². The maximum absolute atomic E-state index is 13.4. The Balaban J connectivity index is 2.52. The summed E-state index contributed by atoms with van der Waals surface area (Å²) in [7, 11) is 0. The van der Waals surface area contributed by atoms with Gasteiger partial charge in [0.15, 0.2) is 0 Å². The maximum Gasteiger partial charge on any atom is 0.243 e. The number of hydrogen-bond acceptors (Lipinski definition) is 2. The number of amides is 2. The van der Waals surface area contributed by atoms with Gasteiger partial charge in [-0.3, -0.25) is 9.59 Å². The van der Waals surface area contributed by atoms with Crippen LogP contribution in [0.2, 0.25) is 0 Å². The molecule has 1 aromatic rings. The van der Waals surface area contributed by atoms with E-state index in [1.807, 2.05) is 0 Å². The van der Waals surface area contributed by atoms with Crippen LogP contribution >= 0.6 is 0 Å². The molecule has 0 aliphatic carbocycles. The van der Waals surface area contributed by atoms with Gasteiger partial charge in [0.05, 0.1) is 12.2 Å². The molecule has 0 atom stereocenters. The van der Waals surface area contributed by atoms with E-state index < -0.39 is 11.7 Å². The number of carbonyl (C=O) groups is 2. The lowest BCUT2D eigenvalue weighted by molar-refractivity contribution is -0.126. The van der Waals surface area contributed by atoms with Crippen LogP contribution in [0.25, 0.3) is 0 Å². The van der Waals surface area contributed by atoms with Gasteiger partial charge in [0, 0.05) is 5.92 Å². The zero-order chi connectivity index (χ0) is 13.7. The minimum Gasteiger partial charge on any atom is -0.347 e. The van der Waals surface area contributed by atoms with E-state index in [0.717, 1.165) is 5.56 Å². The minimum atomic E-state index is -0.487. The summed E-state index contributed by atoms with van der Waals surface area (Å²) in [6, 6.07) is 4.53. The van der Waals surface area contributed by atoms with Crippen LogP contribution in [-0.4, -0.2) is 18.4 Å². The third-order valence-electron chi connectivity index (χ3n) is 2.35. The Morgan fingerprint density at radius 1 is 1.33 bits per heavy atom. The molecule has 4 nitrogen and oxygen atoms in total. The van der Waals surface area contributed by atoms with Gasteiger partial charge < -0.3 is 10.6 Å². The summed E-state index contributed by atoms with van der Waals surface area (Å²) in [6.07, 6.45) is 0. The van der Waals surface area contributed by atoms with Crippen molar-refractivity contribution in [1.29, 1.82) is 0 Å². The van der Waals surface area contributed by atoms with E-state index in [1.165, 1.54) is 12.1 Å². The quantitative estimate of drug-likeness (QED) is 0.859. The summed E-state index contributed by atoms with van der Waals surface area (Å²) in [5, 5.41) is 4.86. The number of benzene rings is 1. The lowest BCUT2D eigenvalue weighted by Gasteiger charge is -2.09. The van der Waals surface area contributed by atoms with Crippen molar-refractivity contribution < 1.29 is 14.0 Å². The predicted octanol–water partition coefficient (Wildman–Crippen LogP) is 1.84. The molecule has 0 heterocycles. The second-order valence-electron chi connectivity index (χ2n) is 4.40. The molecule has 5 heteroatoms. The molecule has 0 unspecified atom stereocenters. The van der Waals surface area contributed by atoms with Gasteiger partial charge in [-0.05, 0) is 24.6 Å². The third-order valence-corrected chi connectivity index (χ3v) is 2.35. The first-order chi connectivity index (χ1) is 8.40. The molecule has 98 valence electrons. The number of nitrogens with one attached hydrogen (secondary N) is 2. The van der Waals surface area contributed by atoms with Crippen LogP contribution < -0.4 is 10.6 Å². The van der Waals surface area contributed by atoms with Gasteiger partial charge >= 0.3 is 0 Å². The molecule has 0 radical (unpaired) electrons. The van der Waals surface area contributed by atoms with Crippen molar-refractivity contribution in [3.63, 3.8) is 0 Å². The van der Waals surface area contributed by atoms with Crippen molar-refractivity contribution in [2.24, 2.45) is 5.92 Å². The Morgan fingerprint density at radius 3 is 2.56 bits per heavy atom. The van der Waals surface area contributed by atoms with Crippen LogP contribution in [0.5, 0.6) is 0 Å². The van der Waals surface area contributed by atoms with Crippen LogP contribution in [0.3, 0.4) is 0 Å². The molecule has 0 aliphatic heterocycles. The number of halogens is 1. The summed E-state index contributed by atoms with van der Waals surface area (Å²) in [6.45, 7) is 5.06. The van der Waals surface area contributed by atoms with E-state index in [0.29, 0.717) is 0 Å². The van der Waals surface area contributed by atoms with E-state index in [9.17, 15) is 14.0 Å². The number of rotatable bonds is 4. The van der Waals surface area contributed by atoms with Crippen molar-refractivity contribution in [1.82, 2.24) is 5.32 Å². The Hall–Kier alpha value is -1.91. The monoisotopic (exact) mass is 252 g/mol. The number of carbonyl (C=O) groups excluding carboxylic acids is 2. The largest absolute Gasteiger partial charge is 0.347 e. The first-order valence-electron chi connectivity index (χ1n) is 5.74. The van der Waals surface area contributed by atoms with E-state index in [2.05, 4.69) is 10.6 Å². The van der Waals surface area contributed by atoms with Gasteiger partial charge in [-0.1, -0.05) is 19.9 Å². The SMILES string of the molecule is Cc1ccc(NC(=O)CNC(=O)C(C)C)c(F)c1. The molecule has 0 bridgehead atoms. The van der Waals surface area contributed by atoms with Gasteiger partial charge in [0.1, 0.15) is 5.82 Å². The molecule has 2 amide bonds. The van der Waals surface area contributed by atoms with Gasteiger partial charge in [-0.15, -0.1) is 0 Å². The normalized spacial score (nSPS) is 10.3. The van der Waals surface area contributed by atoms with E-state index in [-0.39, 0.29) is 24.1 Å². The summed E-state index contributed by atoms with van der Waals surface area (Å²) in [5.41, 5.74) is 0.892. The molecule has 0 saturated heterocycles. The molecule has 0 fully saturated rings.